The van der Waals surface area contributed by atoms with Crippen LogP contribution in [-0.4, -0.2) is 46.2 Å². The van der Waals surface area contributed by atoms with Crippen molar-refractivity contribution in [1.82, 2.24) is 15.3 Å². The van der Waals surface area contributed by atoms with Gasteiger partial charge in [-0.1, -0.05) is 0 Å². The van der Waals surface area contributed by atoms with E-state index in [9.17, 15) is 9.59 Å². The number of carboxylic acids is 1. The largest absolute Gasteiger partial charge is 0.477 e. The van der Waals surface area contributed by atoms with Gasteiger partial charge in [-0.2, -0.15) is 0 Å². The smallest absolute Gasteiger partial charge is 0.341 e. The van der Waals surface area contributed by atoms with Gasteiger partial charge >= 0.3 is 5.97 Å². The molecule has 2 aromatic rings. The summed E-state index contributed by atoms with van der Waals surface area (Å²) in [6, 6.07) is 4.12. The monoisotopic (exact) mass is 302 g/mol. The third-order valence-corrected chi connectivity index (χ3v) is 3.83. The summed E-state index contributed by atoms with van der Waals surface area (Å²) in [5, 5.41) is 12.7. The van der Waals surface area contributed by atoms with Crippen LogP contribution in [0.3, 0.4) is 0 Å². The number of anilines is 1. The Hall–Kier alpha value is -2.41. The average molecular weight is 302 g/mol. The number of fused-ring (bicyclic) bond motifs is 1. The first kappa shape index (κ1) is 14.5. The maximum absolute atomic E-state index is 12.1. The topological polar surface area (TPSA) is 98.3 Å². The number of hydrogen-bond acceptors (Lipinski definition) is 5. The van der Waals surface area contributed by atoms with Crippen molar-refractivity contribution in [3.05, 3.63) is 34.1 Å². The summed E-state index contributed by atoms with van der Waals surface area (Å²) >= 11 is 0. The zero-order valence-electron chi connectivity index (χ0n) is 12.5. The molecular weight excluding hydrogens is 284 g/mol. The van der Waals surface area contributed by atoms with Gasteiger partial charge in [0.2, 0.25) is 5.43 Å². The summed E-state index contributed by atoms with van der Waals surface area (Å²) < 4.78 is 0. The Balaban J connectivity index is 2.02. The standard InChI is InChI=1S/C15H18N4O3/c1-8-6-19(7-9(2)17-8)12-4-3-10-13(20)11(15(21)22)5-16-14(10)18-12/h3-5,8-9,17H,6-7H2,1-2H3,(H,21,22)(H,16,18,20). The molecule has 3 heterocycles. The minimum Gasteiger partial charge on any atom is -0.477 e. The van der Waals surface area contributed by atoms with Gasteiger partial charge in [0, 0.05) is 31.4 Å². The fourth-order valence-electron chi connectivity index (χ4n) is 2.94. The molecule has 2 aromatic heterocycles. The summed E-state index contributed by atoms with van der Waals surface area (Å²) in [5.74, 6) is -0.455. The highest BCUT2D eigenvalue weighted by Crippen LogP contribution is 2.18. The average Bonchev–Trinajstić information content (AvgIpc) is 2.45. The van der Waals surface area contributed by atoms with Crippen molar-refractivity contribution in [3.63, 3.8) is 0 Å². The molecule has 0 saturated carbocycles. The molecule has 22 heavy (non-hydrogen) atoms. The highest BCUT2D eigenvalue weighted by molar-refractivity contribution is 5.91. The van der Waals surface area contributed by atoms with Crippen LogP contribution in [-0.2, 0) is 0 Å². The number of aromatic carboxylic acids is 1. The zero-order chi connectivity index (χ0) is 15.9. The molecule has 116 valence electrons. The number of nitrogens with zero attached hydrogens (tertiary/aromatic N) is 2. The highest BCUT2D eigenvalue weighted by Gasteiger charge is 2.22. The number of hydrogen-bond donors (Lipinski definition) is 3. The predicted molar refractivity (Wildman–Crippen MR) is 83.6 cm³/mol. The van der Waals surface area contributed by atoms with Crippen LogP contribution in [0.25, 0.3) is 11.0 Å². The van der Waals surface area contributed by atoms with Crippen molar-refractivity contribution in [1.29, 1.82) is 0 Å². The number of piperazine rings is 1. The second kappa shape index (κ2) is 5.42. The van der Waals surface area contributed by atoms with E-state index in [2.05, 4.69) is 34.0 Å². The Labute approximate surface area is 127 Å². The van der Waals surface area contributed by atoms with Crippen LogP contribution in [0.5, 0.6) is 0 Å². The van der Waals surface area contributed by atoms with Gasteiger partial charge < -0.3 is 20.3 Å². The molecule has 0 bridgehead atoms. The van der Waals surface area contributed by atoms with E-state index in [0.717, 1.165) is 18.9 Å². The third kappa shape index (κ3) is 2.55. The number of carboxylic acid groups (broad SMARTS) is 1. The highest BCUT2D eigenvalue weighted by atomic mass is 16.4. The van der Waals surface area contributed by atoms with E-state index >= 15 is 0 Å². The lowest BCUT2D eigenvalue weighted by molar-refractivity contribution is 0.0695. The van der Waals surface area contributed by atoms with Crippen LogP contribution in [0.2, 0.25) is 0 Å². The molecule has 7 nitrogen and oxygen atoms in total. The van der Waals surface area contributed by atoms with Crippen molar-refractivity contribution >= 4 is 22.8 Å². The second-order valence-corrected chi connectivity index (χ2v) is 5.78. The van der Waals surface area contributed by atoms with Crippen LogP contribution in [0.4, 0.5) is 5.82 Å². The van der Waals surface area contributed by atoms with Crippen LogP contribution in [0, 0.1) is 0 Å². The summed E-state index contributed by atoms with van der Waals surface area (Å²) in [6.45, 7) is 5.90. The van der Waals surface area contributed by atoms with Crippen LogP contribution in [0.15, 0.2) is 23.1 Å². The first-order valence-corrected chi connectivity index (χ1v) is 7.22. The van der Waals surface area contributed by atoms with E-state index in [1.165, 1.54) is 6.20 Å². The molecule has 7 heteroatoms. The first-order valence-electron chi connectivity index (χ1n) is 7.22. The molecule has 3 rings (SSSR count). The SMILES string of the molecule is CC1CN(c2ccc3c(=O)c(C(=O)O)c[nH]c3n2)CC(C)N1. The predicted octanol–water partition coefficient (Wildman–Crippen LogP) is 0.808. The van der Waals surface area contributed by atoms with Gasteiger partial charge in [-0.15, -0.1) is 0 Å². The Morgan fingerprint density at radius 2 is 2.00 bits per heavy atom. The maximum atomic E-state index is 12.1. The first-order chi connectivity index (χ1) is 10.5. The number of aromatic amines is 1. The molecule has 1 saturated heterocycles. The van der Waals surface area contributed by atoms with Gasteiger partial charge in [0.05, 0.1) is 5.39 Å². The number of aromatic nitrogens is 2. The van der Waals surface area contributed by atoms with Gasteiger partial charge in [-0.25, -0.2) is 9.78 Å². The van der Waals surface area contributed by atoms with E-state index < -0.39 is 11.4 Å². The number of nitrogens with one attached hydrogen (secondary N) is 2. The fourth-order valence-corrected chi connectivity index (χ4v) is 2.94. The second-order valence-electron chi connectivity index (χ2n) is 5.78. The quantitative estimate of drug-likeness (QED) is 0.759. The van der Waals surface area contributed by atoms with E-state index in [4.69, 9.17) is 5.11 Å². The van der Waals surface area contributed by atoms with Gasteiger partial charge in [0.1, 0.15) is 17.0 Å². The van der Waals surface area contributed by atoms with Gasteiger partial charge in [0.25, 0.3) is 0 Å². The molecule has 0 spiro atoms. The third-order valence-electron chi connectivity index (χ3n) is 3.83. The number of rotatable bonds is 2. The number of carbonyl (C=O) groups is 1. The van der Waals surface area contributed by atoms with E-state index in [1.54, 1.807) is 12.1 Å². The summed E-state index contributed by atoms with van der Waals surface area (Å²) in [5.41, 5.74) is -0.375. The normalized spacial score (nSPS) is 22.0. The minimum atomic E-state index is -1.24. The minimum absolute atomic E-state index is 0.272. The molecule has 1 aliphatic rings. The molecule has 0 amide bonds. The molecule has 2 atom stereocenters. The Kier molecular flexibility index (Phi) is 3.58. The molecule has 2 unspecified atom stereocenters. The van der Waals surface area contributed by atoms with Crippen molar-refractivity contribution in [3.8, 4) is 0 Å². The van der Waals surface area contributed by atoms with Crippen LogP contribution >= 0.6 is 0 Å². The summed E-state index contributed by atoms with van der Waals surface area (Å²) in [7, 11) is 0. The van der Waals surface area contributed by atoms with Crippen molar-refractivity contribution in [2.75, 3.05) is 18.0 Å². The van der Waals surface area contributed by atoms with E-state index in [0.29, 0.717) is 23.1 Å². The Morgan fingerprint density at radius 3 is 2.64 bits per heavy atom. The van der Waals surface area contributed by atoms with Gasteiger partial charge in [0.15, 0.2) is 0 Å². The van der Waals surface area contributed by atoms with Crippen molar-refractivity contribution < 1.29 is 9.90 Å². The number of pyridine rings is 2. The van der Waals surface area contributed by atoms with E-state index in [-0.39, 0.29) is 5.56 Å². The molecular formula is C15H18N4O3. The molecule has 0 aliphatic carbocycles. The van der Waals surface area contributed by atoms with Gasteiger partial charge in [-0.05, 0) is 26.0 Å². The van der Waals surface area contributed by atoms with E-state index in [1.807, 2.05) is 0 Å². The molecule has 0 radical (unpaired) electrons. The molecule has 0 aromatic carbocycles. The zero-order valence-corrected chi connectivity index (χ0v) is 12.5. The lowest BCUT2D eigenvalue weighted by atomic mass is 10.1. The van der Waals surface area contributed by atoms with Crippen molar-refractivity contribution in [2.45, 2.75) is 25.9 Å². The molecule has 1 aliphatic heterocycles. The lowest BCUT2D eigenvalue weighted by Gasteiger charge is -2.36. The van der Waals surface area contributed by atoms with Gasteiger partial charge in [-0.3, -0.25) is 4.79 Å². The summed E-state index contributed by atoms with van der Waals surface area (Å²) in [6.07, 6.45) is 1.20. The maximum Gasteiger partial charge on any atom is 0.341 e. The molecule has 3 N–H and O–H groups in total. The molecule has 1 fully saturated rings. The summed E-state index contributed by atoms with van der Waals surface area (Å²) in [4.78, 5) is 32.5. The van der Waals surface area contributed by atoms with Crippen LogP contribution < -0.4 is 15.6 Å². The Morgan fingerprint density at radius 1 is 1.32 bits per heavy atom. The fraction of sp³-hybridized carbons (Fsp3) is 0.400. The Bertz CT molecular complexity index is 776. The van der Waals surface area contributed by atoms with Crippen molar-refractivity contribution in [2.24, 2.45) is 0 Å². The van der Waals surface area contributed by atoms with Crippen LogP contribution in [0.1, 0.15) is 24.2 Å². The number of H-pyrrole nitrogens is 1. The lowest BCUT2D eigenvalue weighted by Crippen LogP contribution is -2.54.